The maximum atomic E-state index is 13.0. The van der Waals surface area contributed by atoms with Gasteiger partial charge in [-0.15, -0.1) is 0 Å². The van der Waals surface area contributed by atoms with Gasteiger partial charge < -0.3 is 14.8 Å². The van der Waals surface area contributed by atoms with Gasteiger partial charge >= 0.3 is 5.97 Å². The van der Waals surface area contributed by atoms with Crippen molar-refractivity contribution in [2.45, 2.75) is 25.2 Å². The van der Waals surface area contributed by atoms with E-state index in [0.717, 1.165) is 12.0 Å². The van der Waals surface area contributed by atoms with E-state index in [2.05, 4.69) is 19.2 Å². The van der Waals surface area contributed by atoms with E-state index < -0.39 is 28.5 Å². The van der Waals surface area contributed by atoms with Gasteiger partial charge in [0.2, 0.25) is 10.0 Å². The molecule has 1 saturated heterocycles. The van der Waals surface area contributed by atoms with Gasteiger partial charge in [-0.3, -0.25) is 4.79 Å². The molecule has 0 aromatic heterocycles. The van der Waals surface area contributed by atoms with E-state index in [1.54, 1.807) is 6.08 Å². The minimum Gasteiger partial charge on any atom is -0.488 e. The van der Waals surface area contributed by atoms with Gasteiger partial charge in [0.05, 0.1) is 10.5 Å². The fraction of sp³-hybridized carbons (Fsp3) is 0.360. The lowest BCUT2D eigenvalue weighted by molar-refractivity contribution is -0.143. The number of fused-ring (bicyclic) bond motifs is 1. The second-order valence-corrected chi connectivity index (χ2v) is 10.9. The number of ether oxygens (including phenoxy) is 2. The minimum atomic E-state index is -3.60. The number of esters is 1. The summed E-state index contributed by atoms with van der Waals surface area (Å²) in [7, 11) is -3.60. The van der Waals surface area contributed by atoms with Crippen molar-refractivity contribution in [3.05, 3.63) is 59.7 Å². The summed E-state index contributed by atoms with van der Waals surface area (Å²) < 4.78 is 38.1. The van der Waals surface area contributed by atoms with E-state index in [0.29, 0.717) is 41.9 Å². The number of hydrogen-bond acceptors (Lipinski definition) is 6. The molecule has 0 spiro atoms. The Kier molecular flexibility index (Phi) is 7.04. The monoisotopic (exact) mass is 484 g/mol. The summed E-state index contributed by atoms with van der Waals surface area (Å²) >= 11 is 0. The average Bonchev–Trinajstić information content (AvgIpc) is 2.82. The predicted octanol–water partition coefficient (Wildman–Crippen LogP) is 3.31. The van der Waals surface area contributed by atoms with Crippen molar-refractivity contribution in [1.29, 1.82) is 0 Å². The van der Waals surface area contributed by atoms with Crippen molar-refractivity contribution in [3.63, 3.8) is 0 Å². The van der Waals surface area contributed by atoms with E-state index in [1.807, 2.05) is 24.3 Å². The van der Waals surface area contributed by atoms with Crippen molar-refractivity contribution in [2.75, 3.05) is 31.6 Å². The molecule has 2 unspecified atom stereocenters. The van der Waals surface area contributed by atoms with Crippen LogP contribution in [0.3, 0.4) is 0 Å². The lowest BCUT2D eigenvalue weighted by atomic mass is 9.94. The topological polar surface area (TPSA) is 102 Å². The van der Waals surface area contributed by atoms with Crippen molar-refractivity contribution in [1.82, 2.24) is 4.31 Å². The van der Waals surface area contributed by atoms with Gasteiger partial charge in [0.25, 0.3) is 5.91 Å². The normalized spacial score (nSPS) is 20.5. The number of para-hydroxylation sites is 1. The lowest BCUT2D eigenvalue weighted by Gasteiger charge is -2.34. The maximum absolute atomic E-state index is 13.0. The third-order valence-corrected chi connectivity index (χ3v) is 7.69. The van der Waals surface area contributed by atoms with Crippen LogP contribution in [0.4, 0.5) is 5.69 Å². The largest absolute Gasteiger partial charge is 0.488 e. The van der Waals surface area contributed by atoms with Crippen LogP contribution < -0.4 is 10.1 Å². The molecular weight excluding hydrogens is 456 g/mol. The maximum Gasteiger partial charge on any atom is 0.338 e. The number of nitrogens with one attached hydrogen (secondary N) is 1. The fourth-order valence-electron chi connectivity index (χ4n) is 4.32. The molecule has 8 nitrogen and oxygen atoms in total. The Balaban J connectivity index is 1.32. The Morgan fingerprint density at radius 1 is 1.06 bits per heavy atom. The van der Waals surface area contributed by atoms with Gasteiger partial charge in [-0.05, 0) is 54.7 Å². The summed E-state index contributed by atoms with van der Waals surface area (Å²) in [5.74, 6) is 0.152. The highest BCUT2D eigenvalue weighted by atomic mass is 32.2. The highest BCUT2D eigenvalue weighted by molar-refractivity contribution is 7.89. The molecule has 2 aliphatic heterocycles. The molecule has 2 aromatic carbocycles. The molecule has 1 amide bonds. The van der Waals surface area contributed by atoms with Gasteiger partial charge in [-0.1, -0.05) is 32.0 Å². The number of hydrogen-bond donors (Lipinski definition) is 1. The zero-order chi connectivity index (χ0) is 24.3. The van der Waals surface area contributed by atoms with Crippen molar-refractivity contribution in [3.8, 4) is 5.75 Å². The Morgan fingerprint density at radius 2 is 1.74 bits per heavy atom. The van der Waals surface area contributed by atoms with Crippen LogP contribution >= 0.6 is 0 Å². The lowest BCUT2D eigenvalue weighted by Crippen LogP contribution is -2.42. The number of carbonyl (C=O) groups excluding carboxylic acids is 2. The van der Waals surface area contributed by atoms with Crippen LogP contribution in [0.25, 0.3) is 6.08 Å². The minimum absolute atomic E-state index is 0.0714. The summed E-state index contributed by atoms with van der Waals surface area (Å²) in [5, 5.41) is 2.61. The van der Waals surface area contributed by atoms with E-state index in [1.165, 1.54) is 28.6 Å². The standard InChI is InChI=1S/C25H28N2O6S/c1-17-11-18(2)14-27(13-17)34(30,31)22-9-7-21(8-10-22)26-24(28)16-33-25(29)20-12-19-5-3-4-6-23(19)32-15-20/h3-10,12,17-18H,11,13-16H2,1-2H3,(H,26,28). The number of benzene rings is 2. The van der Waals surface area contributed by atoms with Gasteiger partial charge in [0.15, 0.2) is 6.61 Å². The molecule has 4 rings (SSSR count). The average molecular weight is 485 g/mol. The van der Waals surface area contributed by atoms with Crippen LogP contribution in [0.1, 0.15) is 25.8 Å². The van der Waals surface area contributed by atoms with Crippen LogP contribution in [0.5, 0.6) is 5.75 Å². The first kappa shape index (κ1) is 24.0. The Morgan fingerprint density at radius 3 is 2.44 bits per heavy atom. The molecule has 0 radical (unpaired) electrons. The first-order chi connectivity index (χ1) is 16.2. The second kappa shape index (κ2) is 9.99. The molecule has 2 aliphatic rings. The molecule has 0 saturated carbocycles. The zero-order valence-corrected chi connectivity index (χ0v) is 20.0. The number of nitrogens with zero attached hydrogens (tertiary/aromatic N) is 1. The molecule has 2 atom stereocenters. The SMILES string of the molecule is CC1CC(C)CN(S(=O)(=O)c2ccc(NC(=O)COC(=O)C3=Cc4ccccc4OC3)cc2)C1. The quantitative estimate of drug-likeness (QED) is 0.631. The number of carbonyl (C=O) groups is 2. The highest BCUT2D eigenvalue weighted by Gasteiger charge is 2.31. The molecule has 34 heavy (non-hydrogen) atoms. The number of piperidine rings is 1. The van der Waals surface area contributed by atoms with E-state index in [4.69, 9.17) is 9.47 Å². The summed E-state index contributed by atoms with van der Waals surface area (Å²) in [5.41, 5.74) is 1.51. The molecule has 1 N–H and O–H groups in total. The summed E-state index contributed by atoms with van der Waals surface area (Å²) in [6, 6.07) is 13.3. The smallest absolute Gasteiger partial charge is 0.338 e. The van der Waals surface area contributed by atoms with E-state index in [9.17, 15) is 18.0 Å². The van der Waals surface area contributed by atoms with Crippen molar-refractivity contribution >= 4 is 33.7 Å². The molecule has 2 heterocycles. The van der Waals surface area contributed by atoms with E-state index in [-0.39, 0.29) is 11.5 Å². The number of sulfonamides is 1. The summed E-state index contributed by atoms with van der Waals surface area (Å²) in [6.07, 6.45) is 2.70. The number of rotatable bonds is 6. The molecule has 0 bridgehead atoms. The van der Waals surface area contributed by atoms with Gasteiger partial charge in [0.1, 0.15) is 12.4 Å². The molecule has 0 aliphatic carbocycles. The van der Waals surface area contributed by atoms with Crippen LogP contribution in [0.15, 0.2) is 59.0 Å². The Labute approximate surface area is 199 Å². The highest BCUT2D eigenvalue weighted by Crippen LogP contribution is 2.28. The number of anilines is 1. The molecular formula is C25H28N2O6S. The predicted molar refractivity (Wildman–Crippen MR) is 128 cm³/mol. The fourth-order valence-corrected chi connectivity index (χ4v) is 6.00. The van der Waals surface area contributed by atoms with Crippen LogP contribution in [0.2, 0.25) is 0 Å². The van der Waals surface area contributed by atoms with Gasteiger partial charge in [-0.2, -0.15) is 4.31 Å². The van der Waals surface area contributed by atoms with E-state index >= 15 is 0 Å². The summed E-state index contributed by atoms with van der Waals surface area (Å²) in [4.78, 5) is 24.7. The zero-order valence-electron chi connectivity index (χ0n) is 19.2. The van der Waals surface area contributed by atoms with Crippen LogP contribution in [-0.2, 0) is 24.3 Å². The van der Waals surface area contributed by atoms with Crippen molar-refractivity contribution in [2.24, 2.45) is 11.8 Å². The second-order valence-electron chi connectivity index (χ2n) is 8.91. The molecule has 180 valence electrons. The third-order valence-electron chi connectivity index (χ3n) is 5.84. The first-order valence-corrected chi connectivity index (χ1v) is 12.7. The Bertz CT molecular complexity index is 1200. The van der Waals surface area contributed by atoms with Crippen molar-refractivity contribution < 1.29 is 27.5 Å². The summed E-state index contributed by atoms with van der Waals surface area (Å²) in [6.45, 7) is 4.72. The van der Waals surface area contributed by atoms with Gasteiger partial charge in [0, 0.05) is 24.3 Å². The van der Waals surface area contributed by atoms with Gasteiger partial charge in [-0.25, -0.2) is 13.2 Å². The number of amides is 1. The van der Waals surface area contributed by atoms with Crippen LogP contribution in [-0.4, -0.2) is 50.9 Å². The third kappa shape index (κ3) is 5.48. The molecule has 1 fully saturated rings. The Hall–Kier alpha value is -3.17. The molecule has 2 aromatic rings. The molecule has 9 heteroatoms. The van der Waals surface area contributed by atoms with Crippen LogP contribution in [0, 0.1) is 11.8 Å². The first-order valence-electron chi connectivity index (χ1n) is 11.2.